The van der Waals surface area contributed by atoms with Crippen molar-refractivity contribution in [3.63, 3.8) is 0 Å². The van der Waals surface area contributed by atoms with Crippen LogP contribution in [0.15, 0.2) is 53.1 Å². The van der Waals surface area contributed by atoms with Crippen LogP contribution in [0.3, 0.4) is 0 Å². The molecule has 0 unspecified atom stereocenters. The van der Waals surface area contributed by atoms with E-state index in [2.05, 4.69) is 16.4 Å². The number of aryl methyl sites for hydroxylation is 2. The molecular formula is C21H20N2O2S. The molecule has 2 aromatic heterocycles. The number of carbonyl (C=O) groups is 1. The topological polar surface area (TPSA) is 55.1 Å². The van der Waals surface area contributed by atoms with Crippen molar-refractivity contribution in [1.29, 1.82) is 0 Å². The van der Waals surface area contributed by atoms with Crippen molar-refractivity contribution in [3.05, 3.63) is 64.9 Å². The van der Waals surface area contributed by atoms with Crippen molar-refractivity contribution >= 4 is 38.4 Å². The van der Waals surface area contributed by atoms with Crippen LogP contribution in [0.4, 0.5) is 0 Å². The van der Waals surface area contributed by atoms with Gasteiger partial charge in [0.05, 0.1) is 27.9 Å². The van der Waals surface area contributed by atoms with Crippen LogP contribution in [0, 0.1) is 6.92 Å². The second kappa shape index (κ2) is 7.30. The van der Waals surface area contributed by atoms with E-state index in [1.165, 1.54) is 4.70 Å². The molecule has 0 aliphatic rings. The van der Waals surface area contributed by atoms with Crippen LogP contribution < -0.4 is 5.32 Å². The first kappa shape index (κ1) is 16.8. The van der Waals surface area contributed by atoms with Gasteiger partial charge in [-0.15, -0.1) is 11.3 Å². The number of hydrogen-bond donors (Lipinski definition) is 1. The van der Waals surface area contributed by atoms with Gasteiger partial charge in [0.2, 0.25) is 5.91 Å². The van der Waals surface area contributed by atoms with Crippen LogP contribution in [-0.4, -0.2) is 17.4 Å². The normalized spacial score (nSPS) is 11.3. The van der Waals surface area contributed by atoms with Gasteiger partial charge in [0.25, 0.3) is 0 Å². The van der Waals surface area contributed by atoms with Crippen LogP contribution in [0.5, 0.6) is 0 Å². The Morgan fingerprint density at radius 1 is 1.23 bits per heavy atom. The van der Waals surface area contributed by atoms with E-state index in [0.29, 0.717) is 13.0 Å². The molecule has 0 radical (unpaired) electrons. The Bertz CT molecular complexity index is 1030. The van der Waals surface area contributed by atoms with Gasteiger partial charge in [-0.1, -0.05) is 24.3 Å². The summed E-state index contributed by atoms with van der Waals surface area (Å²) in [5.74, 6) is 0.0255. The van der Waals surface area contributed by atoms with Gasteiger partial charge < -0.3 is 9.73 Å². The van der Waals surface area contributed by atoms with Gasteiger partial charge in [0.15, 0.2) is 0 Å². The number of furan rings is 1. The van der Waals surface area contributed by atoms with Crippen molar-refractivity contribution in [1.82, 2.24) is 10.3 Å². The molecule has 5 heteroatoms. The Kier molecular flexibility index (Phi) is 4.71. The first-order valence-corrected chi connectivity index (χ1v) is 9.58. The van der Waals surface area contributed by atoms with Crippen LogP contribution in [-0.2, 0) is 17.6 Å². The maximum absolute atomic E-state index is 12.2. The Labute approximate surface area is 155 Å². The maximum Gasteiger partial charge on any atom is 0.224 e. The summed E-state index contributed by atoms with van der Waals surface area (Å²) in [7, 11) is 0. The highest BCUT2D eigenvalue weighted by Gasteiger charge is 2.10. The van der Waals surface area contributed by atoms with Crippen molar-refractivity contribution in [2.45, 2.75) is 26.2 Å². The van der Waals surface area contributed by atoms with E-state index in [-0.39, 0.29) is 5.91 Å². The van der Waals surface area contributed by atoms with Crippen LogP contribution in [0.1, 0.15) is 22.6 Å². The molecule has 0 saturated carbocycles. The summed E-state index contributed by atoms with van der Waals surface area (Å²) in [5, 5.41) is 5.13. The summed E-state index contributed by atoms with van der Waals surface area (Å²) in [6.07, 6.45) is 3.80. The Morgan fingerprint density at radius 3 is 3.00 bits per heavy atom. The molecule has 2 heterocycles. The number of rotatable bonds is 6. The van der Waals surface area contributed by atoms with Crippen molar-refractivity contribution in [2.24, 2.45) is 0 Å². The second-order valence-electron chi connectivity index (χ2n) is 6.47. The van der Waals surface area contributed by atoms with Gasteiger partial charge >= 0.3 is 0 Å². The minimum Gasteiger partial charge on any atom is -0.464 e. The number of nitrogens with one attached hydrogen (secondary N) is 1. The molecule has 0 atom stereocenters. The number of aromatic nitrogens is 1. The highest BCUT2D eigenvalue weighted by Crippen LogP contribution is 2.23. The van der Waals surface area contributed by atoms with Gasteiger partial charge in [-0.2, -0.15) is 0 Å². The third-order valence-electron chi connectivity index (χ3n) is 4.39. The zero-order valence-electron chi connectivity index (χ0n) is 14.6. The monoisotopic (exact) mass is 364 g/mol. The average molecular weight is 364 g/mol. The molecule has 4 nitrogen and oxygen atoms in total. The molecule has 0 spiro atoms. The fourth-order valence-corrected chi connectivity index (χ4v) is 4.07. The first-order chi connectivity index (χ1) is 12.7. The van der Waals surface area contributed by atoms with E-state index in [9.17, 15) is 4.79 Å². The quantitative estimate of drug-likeness (QED) is 0.507. The van der Waals surface area contributed by atoms with E-state index < -0.39 is 0 Å². The lowest BCUT2D eigenvalue weighted by atomic mass is 10.1. The summed E-state index contributed by atoms with van der Waals surface area (Å²) in [6, 6.07) is 14.2. The molecule has 1 N–H and O–H groups in total. The average Bonchev–Trinajstić information content (AvgIpc) is 3.22. The summed E-state index contributed by atoms with van der Waals surface area (Å²) in [6.45, 7) is 2.68. The largest absolute Gasteiger partial charge is 0.464 e. The third kappa shape index (κ3) is 3.63. The number of fused-ring (bicyclic) bond motifs is 2. The molecule has 132 valence electrons. The molecule has 0 fully saturated rings. The van der Waals surface area contributed by atoms with Gasteiger partial charge in [-0.05, 0) is 37.1 Å². The van der Waals surface area contributed by atoms with E-state index in [4.69, 9.17) is 4.42 Å². The number of para-hydroxylation sites is 1. The Balaban J connectivity index is 1.28. The molecule has 0 bridgehead atoms. The standard InChI is InChI=1S/C21H20N2O2S/c1-14-8-9-16-15(13-25-18(16)11-14)12-20(24)22-10-4-7-21-23-17-5-2-3-6-19(17)26-21/h2-3,5-6,8-9,11,13H,4,7,10,12H2,1H3,(H,22,24). The fraction of sp³-hybridized carbons (Fsp3) is 0.238. The number of carbonyl (C=O) groups excluding carboxylic acids is 1. The van der Waals surface area contributed by atoms with Crippen LogP contribution in [0.2, 0.25) is 0 Å². The zero-order valence-corrected chi connectivity index (χ0v) is 15.4. The molecule has 4 rings (SSSR count). The van der Waals surface area contributed by atoms with Crippen molar-refractivity contribution in [2.75, 3.05) is 6.54 Å². The zero-order chi connectivity index (χ0) is 17.9. The predicted molar refractivity (Wildman–Crippen MR) is 106 cm³/mol. The number of thiazole rings is 1. The minimum atomic E-state index is 0.0255. The molecule has 0 saturated heterocycles. The lowest BCUT2D eigenvalue weighted by Crippen LogP contribution is -2.26. The van der Waals surface area contributed by atoms with Crippen LogP contribution >= 0.6 is 11.3 Å². The summed E-state index contributed by atoms with van der Waals surface area (Å²) in [5.41, 5.74) is 3.98. The summed E-state index contributed by atoms with van der Waals surface area (Å²) < 4.78 is 6.77. The van der Waals surface area contributed by atoms with Crippen LogP contribution in [0.25, 0.3) is 21.2 Å². The first-order valence-electron chi connectivity index (χ1n) is 8.77. The Hall–Kier alpha value is -2.66. The van der Waals surface area contributed by atoms with Gasteiger partial charge in [0.1, 0.15) is 5.58 Å². The number of benzene rings is 2. The number of hydrogen-bond acceptors (Lipinski definition) is 4. The molecule has 26 heavy (non-hydrogen) atoms. The van der Waals surface area contributed by atoms with Gasteiger partial charge in [-0.25, -0.2) is 4.98 Å². The SMILES string of the molecule is Cc1ccc2c(CC(=O)NCCCc3nc4ccccc4s3)coc2c1. The highest BCUT2D eigenvalue weighted by molar-refractivity contribution is 7.18. The maximum atomic E-state index is 12.2. The summed E-state index contributed by atoms with van der Waals surface area (Å²) in [4.78, 5) is 16.8. The fourth-order valence-electron chi connectivity index (χ4n) is 3.06. The second-order valence-corrected chi connectivity index (χ2v) is 7.58. The highest BCUT2D eigenvalue weighted by atomic mass is 32.1. The molecule has 0 aliphatic heterocycles. The summed E-state index contributed by atoms with van der Waals surface area (Å²) >= 11 is 1.73. The van der Waals surface area contributed by atoms with E-state index in [0.717, 1.165) is 45.5 Å². The number of nitrogens with zero attached hydrogens (tertiary/aromatic N) is 1. The van der Waals surface area contributed by atoms with Gasteiger partial charge in [-0.3, -0.25) is 4.79 Å². The molecule has 0 aliphatic carbocycles. The Morgan fingerprint density at radius 2 is 2.12 bits per heavy atom. The minimum absolute atomic E-state index is 0.0255. The van der Waals surface area contributed by atoms with Gasteiger partial charge in [0, 0.05) is 23.9 Å². The molecule has 4 aromatic rings. The van der Waals surface area contributed by atoms with Crippen molar-refractivity contribution in [3.8, 4) is 0 Å². The molecule has 1 amide bonds. The molecular weight excluding hydrogens is 344 g/mol. The van der Waals surface area contributed by atoms with E-state index >= 15 is 0 Å². The van der Waals surface area contributed by atoms with E-state index in [1.807, 2.05) is 43.3 Å². The smallest absolute Gasteiger partial charge is 0.224 e. The lowest BCUT2D eigenvalue weighted by molar-refractivity contribution is -0.120. The van der Waals surface area contributed by atoms with Crippen molar-refractivity contribution < 1.29 is 9.21 Å². The lowest BCUT2D eigenvalue weighted by Gasteiger charge is -2.03. The predicted octanol–water partition coefficient (Wildman–Crippen LogP) is 4.64. The van der Waals surface area contributed by atoms with E-state index in [1.54, 1.807) is 17.6 Å². The number of amides is 1. The third-order valence-corrected chi connectivity index (χ3v) is 5.49. The molecule has 2 aromatic carbocycles.